The van der Waals surface area contributed by atoms with E-state index in [0.29, 0.717) is 35.3 Å². The number of nitriles is 1. The largest absolute Gasteiger partial charge is 0.493 e. The summed E-state index contributed by atoms with van der Waals surface area (Å²) in [4.78, 5) is 12.6. The van der Waals surface area contributed by atoms with Crippen molar-refractivity contribution in [2.45, 2.75) is 19.8 Å². The number of methoxy groups -OCH3 is 1. The minimum Gasteiger partial charge on any atom is -0.493 e. The van der Waals surface area contributed by atoms with Crippen molar-refractivity contribution in [3.63, 3.8) is 0 Å². The Bertz CT molecular complexity index is 1590. The molecule has 4 rings (SSSR count). The summed E-state index contributed by atoms with van der Waals surface area (Å²) in [6.45, 7) is 4.02. The highest BCUT2D eigenvalue weighted by atomic mass is 35.5. The maximum Gasteiger partial charge on any atom is 0.349 e. The highest BCUT2D eigenvalue weighted by molar-refractivity contribution is 6.55. The van der Waals surface area contributed by atoms with Gasteiger partial charge >= 0.3 is 5.97 Å². The number of fused-ring (bicyclic) bond motifs is 1. The number of allylic oxidation sites excluding steroid dienone is 1. The maximum absolute atomic E-state index is 12.6. The topological polar surface area (TPSA) is 113 Å². The van der Waals surface area contributed by atoms with Gasteiger partial charge in [-0.2, -0.15) is 5.26 Å². The molecule has 0 fully saturated rings. The molecule has 0 bridgehead atoms. The van der Waals surface area contributed by atoms with Crippen LogP contribution in [0.1, 0.15) is 30.9 Å². The average Bonchev–Trinajstić information content (AvgIpc) is 2.97. The number of nitrogens with zero attached hydrogens (tertiary/aromatic N) is 1. The van der Waals surface area contributed by atoms with Gasteiger partial charge in [0, 0.05) is 11.6 Å². The fraction of sp³-hybridized carbons (Fsp3) is 0.241. The molecule has 0 saturated heterocycles. The molecule has 0 amide bonds. The van der Waals surface area contributed by atoms with E-state index in [2.05, 4.69) is 6.07 Å². The molecule has 1 aliphatic rings. The molecule has 3 aromatic carbocycles. The Morgan fingerprint density at radius 2 is 1.64 bits per heavy atom. The van der Waals surface area contributed by atoms with E-state index >= 15 is 0 Å². The molecule has 3 aromatic rings. The summed E-state index contributed by atoms with van der Waals surface area (Å²) in [7, 11) is 1.54. The number of nitrogens with two attached hydrogens (primary N) is 1. The molecular formula is C29H23Cl5N2O6. The molecule has 0 aliphatic carbocycles. The zero-order valence-electron chi connectivity index (χ0n) is 22.4. The second-order valence-electron chi connectivity index (χ2n) is 9.40. The van der Waals surface area contributed by atoms with Crippen LogP contribution in [0.2, 0.25) is 25.1 Å². The molecule has 2 N–H and O–H groups in total. The van der Waals surface area contributed by atoms with Crippen molar-refractivity contribution in [2.24, 2.45) is 11.7 Å². The van der Waals surface area contributed by atoms with Crippen LogP contribution in [-0.2, 0) is 4.79 Å². The standard InChI is InChI=1S/C29H23Cl5N2O6/c1-13(2)11-39-18-7-4-14(8-20(18)38-3)22-16-6-5-15(9-19(16)42-29(36)17(22)10-35)41-21(37)12-40-28-26(33)24(31)23(30)25(32)27(28)34/h4-9,13,22H,11-12,36H2,1-3H3. The van der Waals surface area contributed by atoms with Gasteiger partial charge in [-0.25, -0.2) is 4.79 Å². The minimum atomic E-state index is -0.792. The summed E-state index contributed by atoms with van der Waals surface area (Å²) in [5.41, 5.74) is 7.70. The predicted molar refractivity (Wildman–Crippen MR) is 162 cm³/mol. The van der Waals surface area contributed by atoms with Crippen LogP contribution in [0.3, 0.4) is 0 Å². The van der Waals surface area contributed by atoms with Crippen molar-refractivity contribution in [2.75, 3.05) is 20.3 Å². The van der Waals surface area contributed by atoms with Crippen LogP contribution in [-0.4, -0.2) is 26.3 Å². The summed E-state index contributed by atoms with van der Waals surface area (Å²) in [6.07, 6.45) is 0. The van der Waals surface area contributed by atoms with Crippen molar-refractivity contribution < 1.29 is 28.5 Å². The van der Waals surface area contributed by atoms with Gasteiger partial charge in [-0.15, -0.1) is 0 Å². The number of hydrogen-bond acceptors (Lipinski definition) is 8. The van der Waals surface area contributed by atoms with Gasteiger partial charge in [-0.1, -0.05) is 84.0 Å². The first-order chi connectivity index (χ1) is 20.0. The van der Waals surface area contributed by atoms with Gasteiger partial charge in [0.15, 0.2) is 23.9 Å². The molecule has 1 aliphatic heterocycles. The molecule has 42 heavy (non-hydrogen) atoms. The highest BCUT2D eigenvalue weighted by Crippen LogP contribution is 2.48. The highest BCUT2D eigenvalue weighted by Gasteiger charge is 2.32. The van der Waals surface area contributed by atoms with Crippen molar-refractivity contribution in [3.05, 3.63) is 84.1 Å². The van der Waals surface area contributed by atoms with E-state index < -0.39 is 18.5 Å². The Morgan fingerprint density at radius 3 is 2.26 bits per heavy atom. The third-order valence-corrected chi connectivity index (χ3v) is 8.26. The molecular weight excluding hydrogens is 650 g/mol. The lowest BCUT2D eigenvalue weighted by atomic mass is 9.83. The molecule has 0 radical (unpaired) electrons. The van der Waals surface area contributed by atoms with E-state index in [-0.39, 0.29) is 48.1 Å². The molecule has 220 valence electrons. The number of hydrogen-bond donors (Lipinski definition) is 1. The summed E-state index contributed by atoms with van der Waals surface area (Å²) in [5.74, 6) is 0.260. The zero-order valence-corrected chi connectivity index (χ0v) is 26.2. The van der Waals surface area contributed by atoms with Crippen molar-refractivity contribution >= 4 is 64.0 Å². The van der Waals surface area contributed by atoms with Crippen LogP contribution < -0.4 is 29.4 Å². The summed E-state index contributed by atoms with van der Waals surface area (Å²) >= 11 is 30.4. The Balaban J connectivity index is 1.57. The molecule has 0 spiro atoms. The maximum atomic E-state index is 12.6. The van der Waals surface area contributed by atoms with Crippen LogP contribution >= 0.6 is 58.0 Å². The van der Waals surface area contributed by atoms with E-state index in [1.807, 2.05) is 19.9 Å². The first-order valence-corrected chi connectivity index (χ1v) is 14.2. The molecule has 1 heterocycles. The number of carbonyl (C=O) groups excluding carboxylic acids is 1. The number of halogens is 5. The fourth-order valence-corrected chi connectivity index (χ4v) is 5.32. The van der Waals surface area contributed by atoms with Gasteiger partial charge in [0.25, 0.3) is 0 Å². The van der Waals surface area contributed by atoms with Crippen molar-refractivity contribution in [3.8, 4) is 34.8 Å². The number of ether oxygens (including phenoxy) is 5. The molecule has 13 heteroatoms. The normalized spacial score (nSPS) is 14.1. The van der Waals surface area contributed by atoms with Crippen LogP contribution in [0.15, 0.2) is 47.9 Å². The lowest BCUT2D eigenvalue weighted by Gasteiger charge is -2.27. The lowest BCUT2D eigenvalue weighted by Crippen LogP contribution is -2.22. The summed E-state index contributed by atoms with van der Waals surface area (Å²) < 4.78 is 28.0. The molecule has 0 saturated carbocycles. The SMILES string of the molecule is COc1cc(C2C(C#N)=C(N)Oc3cc(OC(=O)COc4c(Cl)c(Cl)c(Cl)c(Cl)c4Cl)ccc32)ccc1OCC(C)C. The Morgan fingerprint density at radius 1 is 0.976 bits per heavy atom. The van der Waals surface area contributed by atoms with Gasteiger partial charge in [-0.3, -0.25) is 0 Å². The summed E-state index contributed by atoms with van der Waals surface area (Å²) in [6, 6.07) is 12.3. The first kappa shape index (κ1) is 31.7. The number of carbonyl (C=O) groups is 1. The van der Waals surface area contributed by atoms with E-state index in [1.54, 1.807) is 24.3 Å². The lowest BCUT2D eigenvalue weighted by molar-refractivity contribution is -0.136. The van der Waals surface area contributed by atoms with Crippen molar-refractivity contribution in [1.82, 2.24) is 0 Å². The smallest absolute Gasteiger partial charge is 0.349 e. The Hall–Kier alpha value is -3.19. The minimum absolute atomic E-state index is 0.0441. The van der Waals surface area contributed by atoms with E-state index in [4.69, 9.17) is 87.4 Å². The monoisotopic (exact) mass is 670 g/mol. The number of benzene rings is 3. The second-order valence-corrected chi connectivity index (χ2v) is 11.3. The first-order valence-electron chi connectivity index (χ1n) is 12.3. The third kappa shape index (κ3) is 6.56. The number of esters is 1. The van der Waals surface area contributed by atoms with Crippen LogP contribution in [0.5, 0.6) is 28.7 Å². The fourth-order valence-electron chi connectivity index (χ4n) is 4.09. The van der Waals surface area contributed by atoms with Gasteiger partial charge < -0.3 is 29.4 Å². The number of rotatable bonds is 9. The van der Waals surface area contributed by atoms with Crippen LogP contribution in [0.4, 0.5) is 0 Å². The van der Waals surface area contributed by atoms with E-state index in [0.717, 1.165) is 5.56 Å². The quantitative estimate of drug-likeness (QED) is 0.105. The molecule has 0 aromatic heterocycles. The molecule has 8 nitrogen and oxygen atoms in total. The van der Waals surface area contributed by atoms with E-state index in [1.165, 1.54) is 13.2 Å². The Labute approximate surface area is 267 Å². The Kier molecular flexibility index (Phi) is 10.1. The van der Waals surface area contributed by atoms with Crippen LogP contribution in [0, 0.1) is 17.2 Å². The van der Waals surface area contributed by atoms with Gasteiger partial charge in [-0.05, 0) is 29.7 Å². The van der Waals surface area contributed by atoms with Crippen LogP contribution in [0.25, 0.3) is 0 Å². The third-order valence-electron chi connectivity index (χ3n) is 6.02. The molecule has 1 atom stereocenters. The van der Waals surface area contributed by atoms with Crippen molar-refractivity contribution in [1.29, 1.82) is 5.26 Å². The average molecular weight is 673 g/mol. The predicted octanol–water partition coefficient (Wildman–Crippen LogP) is 8.20. The summed E-state index contributed by atoms with van der Waals surface area (Å²) in [5, 5.41) is 9.50. The second kappa shape index (κ2) is 13.4. The zero-order chi connectivity index (χ0) is 30.7. The molecule has 1 unspecified atom stereocenters. The van der Waals surface area contributed by atoms with E-state index in [9.17, 15) is 10.1 Å². The van der Waals surface area contributed by atoms with Gasteiger partial charge in [0.1, 0.15) is 33.2 Å². The van der Waals surface area contributed by atoms with Gasteiger partial charge in [0.2, 0.25) is 5.88 Å². The van der Waals surface area contributed by atoms with Gasteiger partial charge in [0.05, 0.1) is 34.7 Å².